The van der Waals surface area contributed by atoms with Crippen molar-refractivity contribution in [3.05, 3.63) is 35.6 Å². The molecular weight excluding hydrogens is 251 g/mol. The third-order valence-corrected chi connectivity index (χ3v) is 3.90. The molecule has 0 bridgehead atoms. The number of benzene rings is 1. The lowest BCUT2D eigenvalue weighted by molar-refractivity contribution is 0.138. The molecule has 2 atom stereocenters. The van der Waals surface area contributed by atoms with Gasteiger partial charge in [-0.3, -0.25) is 0 Å². The van der Waals surface area contributed by atoms with Gasteiger partial charge in [0, 0.05) is 11.6 Å². The van der Waals surface area contributed by atoms with Crippen molar-refractivity contribution >= 4 is 0 Å². The molecular formula is C17H29FN2. The van der Waals surface area contributed by atoms with E-state index >= 15 is 0 Å². The fourth-order valence-electron chi connectivity index (χ4n) is 3.19. The van der Waals surface area contributed by atoms with Gasteiger partial charge in [-0.2, -0.15) is 0 Å². The molecule has 0 aliphatic rings. The Hall–Kier alpha value is -0.930. The number of nitrogens with two attached hydrogens (primary N) is 1. The predicted octanol–water partition coefficient (Wildman–Crippen LogP) is 3.76. The van der Waals surface area contributed by atoms with Gasteiger partial charge in [0.1, 0.15) is 5.82 Å². The smallest absolute Gasteiger partial charge is 0.128 e. The Labute approximate surface area is 123 Å². The molecule has 1 aromatic rings. The van der Waals surface area contributed by atoms with Crippen LogP contribution in [0.4, 0.5) is 4.39 Å². The first-order valence-corrected chi connectivity index (χ1v) is 7.53. The Morgan fingerprint density at radius 2 is 1.85 bits per heavy atom. The summed E-state index contributed by atoms with van der Waals surface area (Å²) in [6.07, 6.45) is 2.77. The highest BCUT2D eigenvalue weighted by Gasteiger charge is 2.39. The Morgan fingerprint density at radius 1 is 1.25 bits per heavy atom. The molecule has 0 heterocycles. The van der Waals surface area contributed by atoms with Crippen LogP contribution in [0.3, 0.4) is 0 Å². The van der Waals surface area contributed by atoms with E-state index in [1.165, 1.54) is 6.07 Å². The van der Waals surface area contributed by atoms with E-state index in [2.05, 4.69) is 25.7 Å². The maximum absolute atomic E-state index is 14.3. The molecule has 114 valence electrons. The van der Waals surface area contributed by atoms with Crippen molar-refractivity contribution in [1.29, 1.82) is 0 Å². The number of halogens is 1. The van der Waals surface area contributed by atoms with Gasteiger partial charge < -0.3 is 10.6 Å². The minimum Gasteiger partial charge on any atom is -0.320 e. The number of nitrogens with zero attached hydrogens (tertiary/aromatic N) is 1. The van der Waals surface area contributed by atoms with Crippen LogP contribution in [-0.2, 0) is 5.54 Å². The molecule has 0 saturated heterocycles. The largest absolute Gasteiger partial charge is 0.320 e. The van der Waals surface area contributed by atoms with E-state index in [-0.39, 0.29) is 11.9 Å². The highest BCUT2D eigenvalue weighted by Crippen LogP contribution is 2.35. The van der Waals surface area contributed by atoms with Crippen molar-refractivity contribution in [3.8, 4) is 0 Å². The van der Waals surface area contributed by atoms with Gasteiger partial charge in [0.2, 0.25) is 0 Å². The molecule has 1 aromatic carbocycles. The fourth-order valence-corrected chi connectivity index (χ4v) is 3.19. The second-order valence-electron chi connectivity index (χ2n) is 6.39. The van der Waals surface area contributed by atoms with E-state index in [0.717, 1.165) is 19.3 Å². The fraction of sp³-hybridized carbons (Fsp3) is 0.647. The highest BCUT2D eigenvalue weighted by molar-refractivity contribution is 5.28. The number of hydrogen-bond acceptors (Lipinski definition) is 2. The number of rotatable bonds is 7. The molecule has 2 unspecified atom stereocenters. The summed E-state index contributed by atoms with van der Waals surface area (Å²) in [6.45, 7) is 6.43. The standard InChI is InChI=1S/C17H29FN2/c1-6-9-16(20(4)5)17(19,12-13(2)3)14-10-7-8-11-15(14)18/h7-8,10-11,13,16H,6,9,12,19H2,1-5H3. The second kappa shape index (κ2) is 7.19. The molecule has 20 heavy (non-hydrogen) atoms. The first-order chi connectivity index (χ1) is 9.32. The van der Waals surface area contributed by atoms with Gasteiger partial charge in [-0.05, 0) is 38.9 Å². The highest BCUT2D eigenvalue weighted by atomic mass is 19.1. The summed E-state index contributed by atoms with van der Waals surface area (Å²) in [6, 6.07) is 7.07. The van der Waals surface area contributed by atoms with Crippen LogP contribution in [0.2, 0.25) is 0 Å². The molecule has 0 aliphatic carbocycles. The quantitative estimate of drug-likeness (QED) is 0.824. The topological polar surface area (TPSA) is 29.3 Å². The maximum atomic E-state index is 14.3. The van der Waals surface area contributed by atoms with Crippen LogP contribution in [0.1, 0.15) is 45.6 Å². The van der Waals surface area contributed by atoms with Crippen molar-refractivity contribution in [2.75, 3.05) is 14.1 Å². The molecule has 2 N–H and O–H groups in total. The summed E-state index contributed by atoms with van der Waals surface area (Å²) >= 11 is 0. The maximum Gasteiger partial charge on any atom is 0.128 e. The summed E-state index contributed by atoms with van der Waals surface area (Å²) in [5, 5.41) is 0. The zero-order valence-electron chi connectivity index (χ0n) is 13.5. The molecule has 0 fully saturated rings. The van der Waals surface area contributed by atoms with Crippen molar-refractivity contribution in [2.24, 2.45) is 11.7 Å². The number of hydrogen-bond donors (Lipinski definition) is 1. The van der Waals surface area contributed by atoms with E-state index in [0.29, 0.717) is 11.5 Å². The minimum absolute atomic E-state index is 0.131. The molecule has 0 amide bonds. The van der Waals surface area contributed by atoms with Crippen molar-refractivity contribution in [1.82, 2.24) is 4.90 Å². The zero-order chi connectivity index (χ0) is 15.3. The first-order valence-electron chi connectivity index (χ1n) is 7.53. The van der Waals surface area contributed by atoms with E-state index in [1.807, 2.05) is 26.2 Å². The lowest BCUT2D eigenvalue weighted by Gasteiger charge is -2.43. The lowest BCUT2D eigenvalue weighted by atomic mass is 9.75. The second-order valence-corrected chi connectivity index (χ2v) is 6.39. The molecule has 0 aromatic heterocycles. The summed E-state index contributed by atoms with van der Waals surface area (Å²) < 4.78 is 14.3. The average molecular weight is 280 g/mol. The number of likely N-dealkylation sites (N-methyl/N-ethyl adjacent to an activating group) is 1. The molecule has 2 nitrogen and oxygen atoms in total. The molecule has 0 radical (unpaired) electrons. The van der Waals surface area contributed by atoms with Gasteiger partial charge in [-0.1, -0.05) is 45.4 Å². The van der Waals surface area contributed by atoms with E-state index in [9.17, 15) is 4.39 Å². The Morgan fingerprint density at radius 3 is 2.30 bits per heavy atom. The van der Waals surface area contributed by atoms with Crippen LogP contribution in [0.15, 0.2) is 24.3 Å². The van der Waals surface area contributed by atoms with Gasteiger partial charge in [-0.15, -0.1) is 0 Å². The Bertz CT molecular complexity index is 417. The Kier molecular flexibility index (Phi) is 6.15. The van der Waals surface area contributed by atoms with Crippen molar-refractivity contribution in [3.63, 3.8) is 0 Å². The van der Waals surface area contributed by atoms with Crippen LogP contribution in [-0.4, -0.2) is 25.0 Å². The van der Waals surface area contributed by atoms with E-state index < -0.39 is 5.54 Å². The SMILES string of the molecule is CCCC(N(C)C)C(N)(CC(C)C)c1ccccc1F. The van der Waals surface area contributed by atoms with Gasteiger partial charge in [-0.25, -0.2) is 4.39 Å². The van der Waals surface area contributed by atoms with Crippen molar-refractivity contribution < 1.29 is 4.39 Å². The first kappa shape index (κ1) is 17.1. The molecule has 0 spiro atoms. The molecule has 0 aliphatic heterocycles. The predicted molar refractivity (Wildman–Crippen MR) is 84.1 cm³/mol. The summed E-state index contributed by atoms with van der Waals surface area (Å²) in [4.78, 5) is 2.14. The van der Waals surface area contributed by atoms with Gasteiger partial charge in [0.15, 0.2) is 0 Å². The van der Waals surface area contributed by atoms with E-state index in [4.69, 9.17) is 5.73 Å². The van der Waals surface area contributed by atoms with Gasteiger partial charge >= 0.3 is 0 Å². The Balaban J connectivity index is 3.30. The van der Waals surface area contributed by atoms with Gasteiger partial charge in [0.25, 0.3) is 0 Å². The molecule has 3 heteroatoms. The lowest BCUT2D eigenvalue weighted by Crippen LogP contribution is -2.55. The molecule has 0 saturated carbocycles. The summed E-state index contributed by atoms with van der Waals surface area (Å²) in [5.74, 6) is 0.220. The third-order valence-electron chi connectivity index (χ3n) is 3.90. The summed E-state index contributed by atoms with van der Waals surface area (Å²) in [5.41, 5.74) is 6.76. The molecule has 1 rings (SSSR count). The van der Waals surface area contributed by atoms with Crippen LogP contribution < -0.4 is 5.73 Å². The van der Waals surface area contributed by atoms with Gasteiger partial charge in [0.05, 0.1) is 5.54 Å². The zero-order valence-corrected chi connectivity index (χ0v) is 13.5. The average Bonchev–Trinajstić information content (AvgIpc) is 2.34. The minimum atomic E-state index is -0.654. The van der Waals surface area contributed by atoms with E-state index in [1.54, 1.807) is 6.07 Å². The third kappa shape index (κ3) is 3.80. The van der Waals surface area contributed by atoms with Crippen LogP contribution >= 0.6 is 0 Å². The normalized spacial score (nSPS) is 16.4. The van der Waals surface area contributed by atoms with Crippen molar-refractivity contribution in [2.45, 2.75) is 51.6 Å². The van der Waals surface area contributed by atoms with Crippen LogP contribution in [0.5, 0.6) is 0 Å². The summed E-state index contributed by atoms with van der Waals surface area (Å²) in [7, 11) is 4.06. The van der Waals surface area contributed by atoms with Crippen LogP contribution in [0, 0.1) is 11.7 Å². The monoisotopic (exact) mass is 280 g/mol. The van der Waals surface area contributed by atoms with Crippen LogP contribution in [0.25, 0.3) is 0 Å².